The van der Waals surface area contributed by atoms with Crippen LogP contribution in [0.5, 0.6) is 11.5 Å². The van der Waals surface area contributed by atoms with Crippen LogP contribution in [-0.2, 0) is 4.79 Å². The van der Waals surface area contributed by atoms with E-state index < -0.39 is 0 Å². The highest BCUT2D eigenvalue weighted by Crippen LogP contribution is 2.33. The zero-order valence-corrected chi connectivity index (χ0v) is 13.3. The van der Waals surface area contributed by atoms with Crippen LogP contribution in [0.1, 0.15) is 6.42 Å². The summed E-state index contributed by atoms with van der Waals surface area (Å²) in [6, 6.07) is 12.5. The van der Waals surface area contributed by atoms with E-state index in [4.69, 9.17) is 26.8 Å². The van der Waals surface area contributed by atoms with Crippen LogP contribution in [-0.4, -0.2) is 25.7 Å². The molecule has 6 heteroatoms. The van der Waals surface area contributed by atoms with Crippen molar-refractivity contribution >= 4 is 28.9 Å². The molecule has 1 aliphatic rings. The lowest BCUT2D eigenvalue weighted by atomic mass is 10.2. The Morgan fingerprint density at radius 1 is 1.22 bits per heavy atom. The van der Waals surface area contributed by atoms with E-state index in [9.17, 15) is 4.79 Å². The molecule has 0 radical (unpaired) electrons. The van der Waals surface area contributed by atoms with Crippen molar-refractivity contribution in [1.29, 1.82) is 0 Å². The average Bonchev–Trinajstić information content (AvgIpc) is 2.55. The van der Waals surface area contributed by atoms with Gasteiger partial charge in [-0.15, -0.1) is 0 Å². The maximum absolute atomic E-state index is 12.1. The lowest BCUT2D eigenvalue weighted by Gasteiger charge is -2.29. The van der Waals surface area contributed by atoms with E-state index in [0.717, 1.165) is 11.4 Å². The second-order valence-electron chi connectivity index (χ2n) is 5.22. The number of nitrogens with two attached hydrogens (primary N) is 1. The van der Waals surface area contributed by atoms with Crippen LogP contribution < -0.4 is 20.1 Å². The van der Waals surface area contributed by atoms with Crippen molar-refractivity contribution in [3.8, 4) is 11.5 Å². The number of hydrogen-bond acceptors (Lipinski definition) is 4. The van der Waals surface area contributed by atoms with E-state index >= 15 is 0 Å². The minimum absolute atomic E-state index is 0.0362. The van der Waals surface area contributed by atoms with Gasteiger partial charge in [0.05, 0.1) is 12.3 Å². The third-order valence-electron chi connectivity index (χ3n) is 3.54. The second kappa shape index (κ2) is 6.79. The molecule has 5 nitrogen and oxygen atoms in total. The van der Waals surface area contributed by atoms with Crippen molar-refractivity contribution in [3.05, 3.63) is 47.5 Å². The Balaban J connectivity index is 1.57. The Hall–Kier alpha value is -2.40. The molecule has 0 aliphatic carbocycles. The standard InChI is InChI=1S/C17H17ClN2O3/c18-12-2-5-14(6-3-12)22-9-1-8-20-15-7-4-13(19)10-16(15)23-11-17(20)21/h2-7,10H,1,8-9,11,19H2. The summed E-state index contributed by atoms with van der Waals surface area (Å²) in [4.78, 5) is 13.8. The van der Waals surface area contributed by atoms with E-state index in [1.807, 2.05) is 18.2 Å². The average molecular weight is 333 g/mol. The Kier molecular flexibility index (Phi) is 4.57. The van der Waals surface area contributed by atoms with Crippen molar-refractivity contribution < 1.29 is 14.3 Å². The van der Waals surface area contributed by atoms with Crippen molar-refractivity contribution in [1.82, 2.24) is 0 Å². The van der Waals surface area contributed by atoms with Crippen molar-refractivity contribution in [3.63, 3.8) is 0 Å². The molecular weight excluding hydrogens is 316 g/mol. The van der Waals surface area contributed by atoms with E-state index in [2.05, 4.69) is 0 Å². The van der Waals surface area contributed by atoms with E-state index in [1.54, 1.807) is 29.2 Å². The number of hydrogen-bond donors (Lipinski definition) is 1. The molecule has 0 atom stereocenters. The van der Waals surface area contributed by atoms with E-state index in [-0.39, 0.29) is 12.5 Å². The number of carbonyl (C=O) groups is 1. The molecule has 0 spiro atoms. The van der Waals surface area contributed by atoms with Gasteiger partial charge in [0.2, 0.25) is 0 Å². The van der Waals surface area contributed by atoms with Crippen LogP contribution in [0.3, 0.4) is 0 Å². The Bertz CT molecular complexity index is 703. The molecule has 2 aromatic carbocycles. The zero-order valence-electron chi connectivity index (χ0n) is 12.5. The number of ether oxygens (including phenoxy) is 2. The van der Waals surface area contributed by atoms with Gasteiger partial charge >= 0.3 is 0 Å². The van der Waals surface area contributed by atoms with Gasteiger partial charge in [-0.05, 0) is 42.8 Å². The van der Waals surface area contributed by atoms with Crippen molar-refractivity contribution in [2.45, 2.75) is 6.42 Å². The summed E-state index contributed by atoms with van der Waals surface area (Å²) in [5, 5.41) is 0.673. The highest BCUT2D eigenvalue weighted by Gasteiger charge is 2.25. The quantitative estimate of drug-likeness (QED) is 0.675. The Morgan fingerprint density at radius 3 is 2.78 bits per heavy atom. The molecular formula is C17H17ClN2O3. The molecule has 120 valence electrons. The molecule has 23 heavy (non-hydrogen) atoms. The lowest BCUT2D eigenvalue weighted by molar-refractivity contribution is -0.121. The smallest absolute Gasteiger partial charge is 0.265 e. The molecule has 0 bridgehead atoms. The van der Waals surface area contributed by atoms with Gasteiger partial charge in [0.1, 0.15) is 11.5 Å². The first-order chi connectivity index (χ1) is 11.1. The first kappa shape index (κ1) is 15.5. The van der Waals surface area contributed by atoms with Crippen LogP contribution in [0.25, 0.3) is 0 Å². The molecule has 0 saturated carbocycles. The highest BCUT2D eigenvalue weighted by atomic mass is 35.5. The molecule has 0 aromatic heterocycles. The van der Waals surface area contributed by atoms with Gasteiger partial charge in [0.25, 0.3) is 5.91 Å². The second-order valence-corrected chi connectivity index (χ2v) is 5.65. The normalized spacial score (nSPS) is 13.4. The Labute approximate surface area is 139 Å². The van der Waals surface area contributed by atoms with Gasteiger partial charge in [-0.25, -0.2) is 0 Å². The first-order valence-corrected chi connectivity index (χ1v) is 7.72. The minimum Gasteiger partial charge on any atom is -0.494 e. The molecule has 1 aliphatic heterocycles. The maximum atomic E-state index is 12.1. The molecule has 2 aromatic rings. The van der Waals surface area contributed by atoms with Crippen LogP contribution in [0.15, 0.2) is 42.5 Å². The number of nitrogen functional groups attached to an aromatic ring is 1. The molecule has 1 heterocycles. The van der Waals surface area contributed by atoms with Gasteiger partial charge in [-0.1, -0.05) is 11.6 Å². The molecule has 2 N–H and O–H groups in total. The monoisotopic (exact) mass is 332 g/mol. The number of rotatable bonds is 5. The number of nitrogens with zero attached hydrogens (tertiary/aromatic N) is 1. The van der Waals surface area contributed by atoms with Crippen molar-refractivity contribution in [2.75, 3.05) is 30.4 Å². The summed E-state index contributed by atoms with van der Waals surface area (Å²) in [7, 11) is 0. The topological polar surface area (TPSA) is 64.8 Å². The predicted octanol–water partition coefficient (Wildman–Crippen LogP) is 3.12. The Morgan fingerprint density at radius 2 is 2.00 bits per heavy atom. The highest BCUT2D eigenvalue weighted by molar-refractivity contribution is 6.30. The minimum atomic E-state index is -0.0613. The van der Waals surface area contributed by atoms with Gasteiger partial charge in [-0.2, -0.15) is 0 Å². The summed E-state index contributed by atoms with van der Waals surface area (Å²) in [5.41, 5.74) is 7.11. The van der Waals surface area contributed by atoms with E-state index in [0.29, 0.717) is 36.0 Å². The fourth-order valence-electron chi connectivity index (χ4n) is 2.41. The number of amides is 1. The summed E-state index contributed by atoms with van der Waals surface area (Å²) in [5.74, 6) is 1.34. The summed E-state index contributed by atoms with van der Waals surface area (Å²) in [6.45, 7) is 1.11. The van der Waals surface area contributed by atoms with Gasteiger partial charge < -0.3 is 20.1 Å². The van der Waals surface area contributed by atoms with Crippen molar-refractivity contribution in [2.24, 2.45) is 0 Å². The summed E-state index contributed by atoms with van der Waals surface area (Å²) in [6.07, 6.45) is 0.707. The number of halogens is 1. The summed E-state index contributed by atoms with van der Waals surface area (Å²) >= 11 is 5.83. The van der Waals surface area contributed by atoms with Gasteiger partial charge in [-0.3, -0.25) is 4.79 Å². The van der Waals surface area contributed by atoms with Crippen LogP contribution in [0.2, 0.25) is 5.02 Å². The molecule has 0 fully saturated rings. The molecule has 3 rings (SSSR count). The van der Waals surface area contributed by atoms with Crippen LogP contribution in [0, 0.1) is 0 Å². The molecule has 1 amide bonds. The molecule has 0 unspecified atom stereocenters. The lowest BCUT2D eigenvalue weighted by Crippen LogP contribution is -2.39. The fraction of sp³-hybridized carbons (Fsp3) is 0.235. The molecule has 0 saturated heterocycles. The SMILES string of the molecule is Nc1ccc2c(c1)OCC(=O)N2CCCOc1ccc(Cl)cc1. The summed E-state index contributed by atoms with van der Waals surface area (Å²) < 4.78 is 11.1. The predicted molar refractivity (Wildman–Crippen MR) is 90.3 cm³/mol. The number of anilines is 2. The van der Waals surface area contributed by atoms with Gasteiger partial charge in [0.15, 0.2) is 6.61 Å². The fourth-order valence-corrected chi connectivity index (χ4v) is 2.54. The third-order valence-corrected chi connectivity index (χ3v) is 3.79. The number of carbonyl (C=O) groups excluding carboxylic acids is 1. The number of fused-ring (bicyclic) bond motifs is 1. The van der Waals surface area contributed by atoms with Gasteiger partial charge in [0, 0.05) is 23.3 Å². The number of benzene rings is 2. The largest absolute Gasteiger partial charge is 0.494 e. The zero-order chi connectivity index (χ0) is 16.2. The third kappa shape index (κ3) is 3.68. The van der Waals surface area contributed by atoms with E-state index in [1.165, 1.54) is 0 Å². The maximum Gasteiger partial charge on any atom is 0.265 e. The first-order valence-electron chi connectivity index (χ1n) is 7.34. The van der Waals surface area contributed by atoms with Crippen LogP contribution >= 0.6 is 11.6 Å². The van der Waals surface area contributed by atoms with Crippen LogP contribution in [0.4, 0.5) is 11.4 Å².